The molecule has 2 aromatic rings. The molecule has 0 amide bonds. The van der Waals surface area contributed by atoms with Gasteiger partial charge in [0.2, 0.25) is 0 Å². The van der Waals surface area contributed by atoms with E-state index in [1.807, 2.05) is 11.4 Å². The van der Waals surface area contributed by atoms with Crippen molar-refractivity contribution in [1.29, 1.82) is 0 Å². The van der Waals surface area contributed by atoms with Crippen LogP contribution in [0.4, 0.5) is 8.78 Å². The number of hydrogen-bond acceptors (Lipinski definition) is 2. The second-order valence-electron chi connectivity index (χ2n) is 3.53. The quantitative estimate of drug-likeness (QED) is 0.898. The van der Waals surface area contributed by atoms with E-state index < -0.39 is 11.6 Å². The van der Waals surface area contributed by atoms with E-state index in [0.29, 0.717) is 5.56 Å². The third-order valence-electron chi connectivity index (χ3n) is 2.47. The van der Waals surface area contributed by atoms with Gasteiger partial charge < -0.3 is 5.32 Å². The highest BCUT2D eigenvalue weighted by Gasteiger charge is 2.17. The molecule has 0 fully saturated rings. The van der Waals surface area contributed by atoms with Crippen LogP contribution < -0.4 is 5.32 Å². The van der Waals surface area contributed by atoms with E-state index in [2.05, 4.69) is 21.2 Å². The third kappa shape index (κ3) is 2.56. The molecule has 1 nitrogen and oxygen atoms in total. The molecule has 1 heterocycles. The van der Waals surface area contributed by atoms with Gasteiger partial charge in [0.1, 0.15) is 0 Å². The first-order valence-electron chi connectivity index (χ1n) is 4.98. The van der Waals surface area contributed by atoms with Crippen molar-refractivity contribution in [3.63, 3.8) is 0 Å². The number of rotatable bonds is 3. The Balaban J connectivity index is 2.42. The van der Waals surface area contributed by atoms with E-state index in [4.69, 9.17) is 0 Å². The zero-order chi connectivity index (χ0) is 12.4. The lowest BCUT2D eigenvalue weighted by molar-refractivity contribution is 0.505. The van der Waals surface area contributed by atoms with Gasteiger partial charge in [0.05, 0.1) is 6.04 Å². The molecule has 1 aromatic heterocycles. The predicted molar refractivity (Wildman–Crippen MR) is 69.3 cm³/mol. The molecule has 2 rings (SSSR count). The highest BCUT2D eigenvalue weighted by Crippen LogP contribution is 2.33. The summed E-state index contributed by atoms with van der Waals surface area (Å²) in [6.07, 6.45) is 0. The number of benzene rings is 1. The van der Waals surface area contributed by atoms with Crippen LogP contribution in [0, 0.1) is 11.6 Å². The maximum absolute atomic E-state index is 13.2. The fourth-order valence-electron chi connectivity index (χ4n) is 1.65. The summed E-state index contributed by atoms with van der Waals surface area (Å²) in [4.78, 5) is 1.04. The van der Waals surface area contributed by atoms with Crippen LogP contribution >= 0.6 is 27.3 Å². The maximum Gasteiger partial charge on any atom is 0.159 e. The number of nitrogens with one attached hydrogen (secondary N) is 1. The molecular formula is C12H10BrF2NS. The normalized spacial score (nSPS) is 12.7. The molecule has 0 aliphatic carbocycles. The van der Waals surface area contributed by atoms with Crippen molar-refractivity contribution < 1.29 is 8.78 Å². The van der Waals surface area contributed by atoms with Crippen molar-refractivity contribution in [2.24, 2.45) is 0 Å². The summed E-state index contributed by atoms with van der Waals surface area (Å²) in [5.74, 6) is -1.65. The standard InChI is InChI=1S/C12H10BrF2NS/c1-16-11(12-8(13)4-5-17-12)7-2-3-9(14)10(15)6-7/h2-6,11,16H,1H3. The second-order valence-corrected chi connectivity index (χ2v) is 5.33. The summed E-state index contributed by atoms with van der Waals surface area (Å²) >= 11 is 5.00. The lowest BCUT2D eigenvalue weighted by Gasteiger charge is -2.16. The molecule has 17 heavy (non-hydrogen) atoms. The van der Waals surface area contributed by atoms with Gasteiger partial charge in [-0.25, -0.2) is 8.78 Å². The molecule has 90 valence electrons. The van der Waals surface area contributed by atoms with Crippen LogP contribution in [0.5, 0.6) is 0 Å². The van der Waals surface area contributed by atoms with Crippen molar-refractivity contribution >= 4 is 27.3 Å². The van der Waals surface area contributed by atoms with E-state index in [9.17, 15) is 8.78 Å². The van der Waals surface area contributed by atoms with Crippen molar-refractivity contribution in [1.82, 2.24) is 5.32 Å². The zero-order valence-electron chi connectivity index (χ0n) is 9.01. The lowest BCUT2D eigenvalue weighted by atomic mass is 10.1. The van der Waals surface area contributed by atoms with E-state index in [1.54, 1.807) is 24.5 Å². The minimum atomic E-state index is -0.825. The molecule has 5 heteroatoms. The van der Waals surface area contributed by atoms with Gasteiger partial charge in [0, 0.05) is 9.35 Å². The zero-order valence-corrected chi connectivity index (χ0v) is 11.4. The average molecular weight is 318 g/mol. The first-order chi connectivity index (χ1) is 8.13. The van der Waals surface area contributed by atoms with Gasteiger partial charge in [0.25, 0.3) is 0 Å². The molecule has 0 spiro atoms. The van der Waals surface area contributed by atoms with Crippen LogP contribution in [0.1, 0.15) is 16.5 Å². The van der Waals surface area contributed by atoms with Crippen LogP contribution in [-0.2, 0) is 0 Å². The predicted octanol–water partition coefficient (Wildman–Crippen LogP) is 4.10. The van der Waals surface area contributed by atoms with Crippen molar-refractivity contribution in [3.05, 3.63) is 56.2 Å². The molecule has 0 bridgehead atoms. The van der Waals surface area contributed by atoms with Crippen molar-refractivity contribution in [2.75, 3.05) is 7.05 Å². The monoisotopic (exact) mass is 317 g/mol. The largest absolute Gasteiger partial charge is 0.309 e. The highest BCUT2D eigenvalue weighted by atomic mass is 79.9. The van der Waals surface area contributed by atoms with E-state index in [-0.39, 0.29) is 6.04 Å². The van der Waals surface area contributed by atoms with Gasteiger partial charge in [-0.2, -0.15) is 0 Å². The third-order valence-corrected chi connectivity index (χ3v) is 4.41. The van der Waals surface area contributed by atoms with Gasteiger partial charge >= 0.3 is 0 Å². The topological polar surface area (TPSA) is 12.0 Å². The Labute approximate surface area is 111 Å². The van der Waals surface area contributed by atoms with Crippen LogP contribution in [-0.4, -0.2) is 7.05 Å². The Hall–Kier alpha value is -0.780. The fourth-order valence-corrected chi connectivity index (χ4v) is 3.39. The minimum absolute atomic E-state index is 0.139. The summed E-state index contributed by atoms with van der Waals surface area (Å²) in [6.45, 7) is 0. The van der Waals surface area contributed by atoms with E-state index >= 15 is 0 Å². The number of hydrogen-bond donors (Lipinski definition) is 1. The summed E-state index contributed by atoms with van der Waals surface area (Å²) in [7, 11) is 1.79. The summed E-state index contributed by atoms with van der Waals surface area (Å²) in [6, 6.07) is 5.76. The lowest BCUT2D eigenvalue weighted by Crippen LogP contribution is -2.17. The molecule has 0 aliphatic rings. The summed E-state index contributed by atoms with van der Waals surface area (Å²) in [5, 5.41) is 5.05. The molecule has 0 aliphatic heterocycles. The Morgan fingerprint density at radius 1 is 1.24 bits per heavy atom. The number of halogens is 3. The van der Waals surface area contributed by atoms with E-state index in [1.165, 1.54) is 6.07 Å². The number of thiophene rings is 1. The molecule has 0 saturated carbocycles. The van der Waals surface area contributed by atoms with Gasteiger partial charge in [0.15, 0.2) is 11.6 Å². The van der Waals surface area contributed by atoms with Crippen molar-refractivity contribution in [2.45, 2.75) is 6.04 Å². The summed E-state index contributed by atoms with van der Waals surface area (Å²) < 4.78 is 27.1. The van der Waals surface area contributed by atoms with Gasteiger partial charge in [-0.15, -0.1) is 11.3 Å². The van der Waals surface area contributed by atoms with Crippen molar-refractivity contribution in [3.8, 4) is 0 Å². The Kier molecular flexibility index (Phi) is 3.91. The molecule has 0 saturated heterocycles. The first-order valence-corrected chi connectivity index (χ1v) is 6.66. The Morgan fingerprint density at radius 3 is 2.53 bits per heavy atom. The Bertz CT molecular complexity index is 527. The van der Waals surface area contributed by atoms with Crippen LogP contribution in [0.25, 0.3) is 0 Å². The SMILES string of the molecule is CNC(c1ccc(F)c(F)c1)c1sccc1Br. The molecule has 1 aromatic carbocycles. The average Bonchev–Trinajstić information content (AvgIpc) is 2.71. The molecule has 1 unspecified atom stereocenters. The maximum atomic E-state index is 13.2. The smallest absolute Gasteiger partial charge is 0.159 e. The molecule has 0 radical (unpaired) electrons. The minimum Gasteiger partial charge on any atom is -0.309 e. The fraction of sp³-hybridized carbons (Fsp3) is 0.167. The van der Waals surface area contributed by atoms with Crippen LogP contribution in [0.2, 0.25) is 0 Å². The van der Waals surface area contributed by atoms with Gasteiger partial charge in [-0.1, -0.05) is 6.07 Å². The highest BCUT2D eigenvalue weighted by molar-refractivity contribution is 9.10. The van der Waals surface area contributed by atoms with Gasteiger partial charge in [-0.05, 0) is 52.1 Å². The molecular weight excluding hydrogens is 308 g/mol. The van der Waals surface area contributed by atoms with Crippen LogP contribution in [0.15, 0.2) is 34.1 Å². The van der Waals surface area contributed by atoms with E-state index in [0.717, 1.165) is 15.4 Å². The van der Waals surface area contributed by atoms with Crippen LogP contribution in [0.3, 0.4) is 0 Å². The molecule has 1 N–H and O–H groups in total. The Morgan fingerprint density at radius 2 is 2.00 bits per heavy atom. The molecule has 1 atom stereocenters. The second kappa shape index (κ2) is 5.25. The summed E-state index contributed by atoms with van der Waals surface area (Å²) in [5.41, 5.74) is 0.703. The van der Waals surface area contributed by atoms with Gasteiger partial charge in [-0.3, -0.25) is 0 Å². The first kappa shape index (κ1) is 12.7.